The third kappa shape index (κ3) is 4.00. The number of rotatable bonds is 4. The SMILES string of the molecule is O=C(Nc1ccccc1C(F)(F)F)c1c[nH]c(=O)n(Cc2cccs2)c1=O. The summed E-state index contributed by atoms with van der Waals surface area (Å²) in [6.07, 6.45) is -3.78. The molecule has 6 nitrogen and oxygen atoms in total. The maximum atomic E-state index is 13.0. The summed E-state index contributed by atoms with van der Waals surface area (Å²) in [6.45, 7) is -0.0495. The molecule has 2 heterocycles. The largest absolute Gasteiger partial charge is 0.418 e. The average molecular weight is 395 g/mol. The fourth-order valence-electron chi connectivity index (χ4n) is 2.40. The zero-order valence-electron chi connectivity index (χ0n) is 13.5. The summed E-state index contributed by atoms with van der Waals surface area (Å²) >= 11 is 1.32. The van der Waals surface area contributed by atoms with Crippen molar-refractivity contribution >= 4 is 22.9 Å². The summed E-state index contributed by atoms with van der Waals surface area (Å²) in [5.41, 5.74) is -3.61. The predicted octanol–water partition coefficient (Wildman–Crippen LogP) is 2.92. The molecule has 1 amide bonds. The summed E-state index contributed by atoms with van der Waals surface area (Å²) in [4.78, 5) is 39.8. The van der Waals surface area contributed by atoms with Gasteiger partial charge in [0.1, 0.15) is 5.56 Å². The fourth-order valence-corrected chi connectivity index (χ4v) is 3.10. The third-order valence-corrected chi connectivity index (χ3v) is 4.54. The van der Waals surface area contributed by atoms with Gasteiger partial charge in [0.15, 0.2) is 0 Å². The zero-order chi connectivity index (χ0) is 19.6. The Balaban J connectivity index is 1.95. The van der Waals surface area contributed by atoms with Crippen LogP contribution in [0.5, 0.6) is 0 Å². The average Bonchev–Trinajstić information content (AvgIpc) is 3.11. The van der Waals surface area contributed by atoms with Crippen molar-refractivity contribution in [3.8, 4) is 0 Å². The van der Waals surface area contributed by atoms with Crippen molar-refractivity contribution in [2.45, 2.75) is 12.7 Å². The Labute approximate surface area is 153 Å². The minimum absolute atomic E-state index is 0.0495. The van der Waals surface area contributed by atoms with Gasteiger partial charge >= 0.3 is 11.9 Å². The molecule has 0 spiro atoms. The van der Waals surface area contributed by atoms with E-state index < -0.39 is 40.1 Å². The number of hydrogen-bond donors (Lipinski definition) is 2. The topological polar surface area (TPSA) is 84.0 Å². The number of aromatic nitrogens is 2. The van der Waals surface area contributed by atoms with Crippen LogP contribution in [0.15, 0.2) is 57.6 Å². The molecule has 0 atom stereocenters. The van der Waals surface area contributed by atoms with E-state index in [0.717, 1.165) is 22.9 Å². The molecule has 2 N–H and O–H groups in total. The molecule has 0 unspecified atom stereocenters. The van der Waals surface area contributed by atoms with Gasteiger partial charge in [-0.15, -0.1) is 11.3 Å². The van der Waals surface area contributed by atoms with Crippen molar-refractivity contribution in [2.24, 2.45) is 0 Å². The number of nitrogens with one attached hydrogen (secondary N) is 2. The molecule has 27 heavy (non-hydrogen) atoms. The number of alkyl halides is 3. The van der Waals surface area contributed by atoms with Crippen molar-refractivity contribution in [2.75, 3.05) is 5.32 Å². The first-order valence-electron chi connectivity index (χ1n) is 7.60. The van der Waals surface area contributed by atoms with Crippen LogP contribution in [0.3, 0.4) is 0 Å². The molecule has 1 aromatic carbocycles. The Bertz CT molecular complexity index is 1090. The molecule has 0 saturated heterocycles. The highest BCUT2D eigenvalue weighted by Crippen LogP contribution is 2.34. The quantitative estimate of drug-likeness (QED) is 0.713. The number of carbonyl (C=O) groups is 1. The molecule has 3 rings (SSSR count). The van der Waals surface area contributed by atoms with Crippen LogP contribution in [-0.4, -0.2) is 15.5 Å². The Morgan fingerprint density at radius 1 is 1.15 bits per heavy atom. The van der Waals surface area contributed by atoms with Crippen LogP contribution in [0.2, 0.25) is 0 Å². The van der Waals surface area contributed by atoms with Gasteiger partial charge in [-0.05, 0) is 23.6 Å². The van der Waals surface area contributed by atoms with Gasteiger partial charge in [0.2, 0.25) is 0 Å². The molecular formula is C17H12F3N3O3S. The van der Waals surface area contributed by atoms with E-state index in [-0.39, 0.29) is 6.54 Å². The van der Waals surface area contributed by atoms with Crippen LogP contribution in [0, 0.1) is 0 Å². The number of para-hydroxylation sites is 1. The highest BCUT2D eigenvalue weighted by atomic mass is 32.1. The van der Waals surface area contributed by atoms with Gasteiger partial charge in [0.05, 0.1) is 17.8 Å². The highest BCUT2D eigenvalue weighted by Gasteiger charge is 2.33. The van der Waals surface area contributed by atoms with Gasteiger partial charge in [-0.2, -0.15) is 13.2 Å². The fraction of sp³-hybridized carbons (Fsp3) is 0.118. The lowest BCUT2D eigenvalue weighted by atomic mass is 10.1. The number of thiophene rings is 1. The zero-order valence-corrected chi connectivity index (χ0v) is 14.4. The smallest absolute Gasteiger partial charge is 0.321 e. The maximum absolute atomic E-state index is 13.0. The van der Waals surface area contributed by atoms with Gasteiger partial charge in [-0.25, -0.2) is 4.79 Å². The Hall–Kier alpha value is -3.14. The van der Waals surface area contributed by atoms with E-state index in [1.54, 1.807) is 17.5 Å². The van der Waals surface area contributed by atoms with E-state index in [2.05, 4.69) is 10.3 Å². The summed E-state index contributed by atoms with van der Waals surface area (Å²) in [5, 5.41) is 3.85. The number of amides is 1. The molecule has 10 heteroatoms. The summed E-state index contributed by atoms with van der Waals surface area (Å²) in [7, 11) is 0. The third-order valence-electron chi connectivity index (χ3n) is 3.68. The number of H-pyrrole nitrogens is 1. The van der Waals surface area contributed by atoms with E-state index in [1.165, 1.54) is 23.5 Å². The first kappa shape index (κ1) is 18.6. The molecular weight excluding hydrogens is 383 g/mol. The summed E-state index contributed by atoms with van der Waals surface area (Å²) in [5.74, 6) is -1.05. The lowest BCUT2D eigenvalue weighted by molar-refractivity contribution is -0.136. The van der Waals surface area contributed by atoms with Crippen LogP contribution in [0.1, 0.15) is 20.8 Å². The van der Waals surface area contributed by atoms with Crippen molar-refractivity contribution in [1.82, 2.24) is 9.55 Å². The molecule has 3 aromatic rings. The summed E-state index contributed by atoms with van der Waals surface area (Å²) < 4.78 is 40.0. The minimum atomic E-state index is -4.67. The Kier molecular flexibility index (Phi) is 5.00. The number of anilines is 1. The molecule has 0 saturated carbocycles. The molecule has 2 aromatic heterocycles. The van der Waals surface area contributed by atoms with Crippen LogP contribution in [-0.2, 0) is 12.7 Å². The van der Waals surface area contributed by atoms with E-state index in [1.807, 2.05) is 0 Å². The number of aromatic amines is 1. The van der Waals surface area contributed by atoms with Crippen LogP contribution in [0.25, 0.3) is 0 Å². The van der Waals surface area contributed by atoms with E-state index >= 15 is 0 Å². The van der Waals surface area contributed by atoms with Crippen LogP contribution >= 0.6 is 11.3 Å². The lowest BCUT2D eigenvalue weighted by Gasteiger charge is -2.13. The second-order valence-electron chi connectivity index (χ2n) is 5.48. The first-order chi connectivity index (χ1) is 12.8. The maximum Gasteiger partial charge on any atom is 0.418 e. The molecule has 0 aliphatic heterocycles. The van der Waals surface area contributed by atoms with Crippen molar-refractivity contribution in [1.29, 1.82) is 0 Å². The second kappa shape index (κ2) is 7.23. The van der Waals surface area contributed by atoms with E-state index in [0.29, 0.717) is 4.88 Å². The van der Waals surface area contributed by atoms with Crippen molar-refractivity contribution < 1.29 is 18.0 Å². The number of halogens is 3. The molecule has 0 aliphatic rings. The van der Waals surface area contributed by atoms with Crippen LogP contribution < -0.4 is 16.6 Å². The number of hydrogen-bond acceptors (Lipinski definition) is 4. The molecule has 0 aliphatic carbocycles. The normalized spacial score (nSPS) is 11.4. The predicted molar refractivity (Wildman–Crippen MR) is 94.1 cm³/mol. The molecule has 0 bridgehead atoms. The Morgan fingerprint density at radius 3 is 2.56 bits per heavy atom. The molecule has 0 radical (unpaired) electrons. The first-order valence-corrected chi connectivity index (χ1v) is 8.48. The van der Waals surface area contributed by atoms with E-state index in [4.69, 9.17) is 0 Å². The van der Waals surface area contributed by atoms with Gasteiger partial charge in [-0.1, -0.05) is 18.2 Å². The summed E-state index contributed by atoms with van der Waals surface area (Å²) in [6, 6.07) is 7.86. The minimum Gasteiger partial charge on any atom is -0.321 e. The molecule has 0 fully saturated rings. The second-order valence-corrected chi connectivity index (χ2v) is 6.51. The standard InChI is InChI=1S/C17H12F3N3O3S/c18-17(19,20)12-5-1-2-6-13(12)22-14(24)11-8-21-16(26)23(15(11)25)9-10-4-3-7-27-10/h1-8H,9H2,(H,21,26)(H,22,24). The highest BCUT2D eigenvalue weighted by molar-refractivity contribution is 7.09. The van der Waals surface area contributed by atoms with Crippen molar-refractivity contribution in [3.63, 3.8) is 0 Å². The van der Waals surface area contributed by atoms with E-state index in [9.17, 15) is 27.6 Å². The van der Waals surface area contributed by atoms with Gasteiger partial charge < -0.3 is 10.3 Å². The van der Waals surface area contributed by atoms with Gasteiger partial charge in [0, 0.05) is 11.1 Å². The van der Waals surface area contributed by atoms with Crippen LogP contribution in [0.4, 0.5) is 18.9 Å². The Morgan fingerprint density at radius 2 is 1.89 bits per heavy atom. The number of benzene rings is 1. The number of nitrogens with zero attached hydrogens (tertiary/aromatic N) is 1. The van der Waals surface area contributed by atoms with Crippen molar-refractivity contribution in [3.05, 3.63) is 84.8 Å². The molecule has 140 valence electrons. The van der Waals surface area contributed by atoms with Gasteiger partial charge in [-0.3, -0.25) is 14.2 Å². The number of carbonyl (C=O) groups excluding carboxylic acids is 1. The lowest BCUT2D eigenvalue weighted by Crippen LogP contribution is -2.39. The monoisotopic (exact) mass is 395 g/mol. The van der Waals surface area contributed by atoms with Gasteiger partial charge in [0.25, 0.3) is 11.5 Å².